The first-order valence-corrected chi connectivity index (χ1v) is 10.3. The van der Waals surface area contributed by atoms with Crippen LogP contribution in [0.1, 0.15) is 45.1 Å². The Hall–Kier alpha value is -2.90. The number of aromatic nitrogens is 3. The highest BCUT2D eigenvalue weighted by Gasteiger charge is 2.27. The van der Waals surface area contributed by atoms with Gasteiger partial charge in [-0.25, -0.2) is 4.98 Å². The van der Waals surface area contributed by atoms with E-state index in [1.807, 2.05) is 26.0 Å². The van der Waals surface area contributed by atoms with Crippen molar-refractivity contribution in [2.45, 2.75) is 58.2 Å². The molecular formula is C21H31N7O. The van der Waals surface area contributed by atoms with Crippen molar-refractivity contribution in [3.63, 3.8) is 0 Å². The summed E-state index contributed by atoms with van der Waals surface area (Å²) in [4.78, 5) is 20.9. The van der Waals surface area contributed by atoms with Crippen molar-refractivity contribution in [3.05, 3.63) is 36.2 Å². The minimum absolute atomic E-state index is 0.0698. The fourth-order valence-electron chi connectivity index (χ4n) is 3.71. The molecule has 1 heterocycles. The first-order valence-electron chi connectivity index (χ1n) is 10.3. The lowest BCUT2D eigenvalue weighted by atomic mass is 9.85. The zero-order valence-electron chi connectivity index (χ0n) is 17.4. The topological polar surface area (TPSA) is 107 Å². The number of carbonyl (C=O) groups is 1. The van der Waals surface area contributed by atoms with E-state index in [4.69, 9.17) is 0 Å². The van der Waals surface area contributed by atoms with Gasteiger partial charge in [0.2, 0.25) is 5.91 Å². The highest BCUT2D eigenvalue weighted by molar-refractivity contribution is 5.81. The number of aliphatic imine (C=N–C) groups is 1. The molecule has 29 heavy (non-hydrogen) atoms. The maximum absolute atomic E-state index is 12.4. The molecule has 0 aliphatic heterocycles. The fourth-order valence-corrected chi connectivity index (χ4v) is 3.71. The van der Waals surface area contributed by atoms with Crippen molar-refractivity contribution < 1.29 is 4.79 Å². The maximum atomic E-state index is 12.4. The average Bonchev–Trinajstić information content (AvgIpc) is 3.26. The molecular weight excluding hydrogens is 366 g/mol. The number of benzene rings is 1. The van der Waals surface area contributed by atoms with E-state index in [1.54, 1.807) is 7.05 Å². The van der Waals surface area contributed by atoms with Crippen molar-refractivity contribution >= 4 is 11.9 Å². The minimum atomic E-state index is 0.0698. The summed E-state index contributed by atoms with van der Waals surface area (Å²) < 4.78 is 0. The van der Waals surface area contributed by atoms with Crippen LogP contribution in [-0.4, -0.2) is 46.2 Å². The van der Waals surface area contributed by atoms with Crippen LogP contribution in [0.15, 0.2) is 35.6 Å². The van der Waals surface area contributed by atoms with E-state index in [1.165, 1.54) is 6.33 Å². The molecule has 1 aromatic heterocycles. The second kappa shape index (κ2) is 10.0. The van der Waals surface area contributed by atoms with Crippen LogP contribution in [-0.2, 0) is 11.3 Å². The second-order valence-electron chi connectivity index (χ2n) is 7.83. The van der Waals surface area contributed by atoms with Crippen molar-refractivity contribution in [2.24, 2.45) is 10.9 Å². The molecule has 1 aliphatic rings. The highest BCUT2D eigenvalue weighted by Crippen LogP contribution is 2.24. The third kappa shape index (κ3) is 6.04. The lowest BCUT2D eigenvalue weighted by molar-refractivity contribution is -0.126. The summed E-state index contributed by atoms with van der Waals surface area (Å²) in [5.74, 6) is 1.74. The number of hydrogen-bond acceptors (Lipinski definition) is 4. The summed E-state index contributed by atoms with van der Waals surface area (Å²) in [7, 11) is 1.77. The predicted molar refractivity (Wildman–Crippen MR) is 114 cm³/mol. The van der Waals surface area contributed by atoms with Gasteiger partial charge in [-0.05, 0) is 44.7 Å². The monoisotopic (exact) mass is 397 g/mol. The molecule has 1 aromatic carbocycles. The Morgan fingerprint density at radius 1 is 1.34 bits per heavy atom. The first-order chi connectivity index (χ1) is 14.0. The van der Waals surface area contributed by atoms with E-state index in [-0.39, 0.29) is 23.9 Å². The Morgan fingerprint density at radius 3 is 2.93 bits per heavy atom. The minimum Gasteiger partial charge on any atom is -0.354 e. The van der Waals surface area contributed by atoms with Crippen molar-refractivity contribution in [1.82, 2.24) is 31.1 Å². The Kier molecular flexibility index (Phi) is 7.21. The number of amides is 1. The van der Waals surface area contributed by atoms with Crippen LogP contribution >= 0.6 is 0 Å². The number of rotatable bonds is 6. The fraction of sp³-hybridized carbons (Fsp3) is 0.524. The standard InChI is InChI=1S/C21H31N7O/c1-14(2)26-20(29)17-8-5-9-18(11-17)27-21(22-3)23-12-15-6-4-7-16(10-15)19-24-13-25-28-19/h4,6-7,10,13-14,17-18H,5,8-9,11-12H2,1-3H3,(H,26,29)(H2,22,23,27)(H,24,25,28). The summed E-state index contributed by atoms with van der Waals surface area (Å²) in [6.45, 7) is 4.64. The van der Waals surface area contributed by atoms with Crippen LogP contribution in [0.3, 0.4) is 0 Å². The van der Waals surface area contributed by atoms with E-state index in [0.29, 0.717) is 6.54 Å². The van der Waals surface area contributed by atoms with Crippen LogP contribution in [0, 0.1) is 5.92 Å². The van der Waals surface area contributed by atoms with Gasteiger partial charge in [-0.1, -0.05) is 24.6 Å². The molecule has 2 unspecified atom stereocenters. The lowest BCUT2D eigenvalue weighted by Gasteiger charge is -2.30. The quantitative estimate of drug-likeness (QED) is 0.442. The number of nitrogens with zero attached hydrogens (tertiary/aromatic N) is 3. The molecule has 0 spiro atoms. The van der Waals surface area contributed by atoms with Gasteiger partial charge in [0.25, 0.3) is 0 Å². The molecule has 1 aliphatic carbocycles. The van der Waals surface area contributed by atoms with Crippen LogP contribution < -0.4 is 16.0 Å². The van der Waals surface area contributed by atoms with Crippen molar-refractivity contribution in [3.8, 4) is 11.4 Å². The smallest absolute Gasteiger partial charge is 0.223 e. The van der Waals surface area contributed by atoms with E-state index < -0.39 is 0 Å². The molecule has 0 radical (unpaired) electrons. The predicted octanol–water partition coefficient (Wildman–Crippen LogP) is 2.22. The molecule has 3 rings (SSSR count). The molecule has 1 amide bonds. The molecule has 0 saturated heterocycles. The van der Waals surface area contributed by atoms with Crippen LogP contribution in [0.25, 0.3) is 11.4 Å². The zero-order valence-corrected chi connectivity index (χ0v) is 17.4. The number of carbonyl (C=O) groups excluding carboxylic acids is 1. The van der Waals surface area contributed by atoms with Gasteiger partial charge in [0.1, 0.15) is 6.33 Å². The van der Waals surface area contributed by atoms with Gasteiger partial charge in [0.05, 0.1) is 0 Å². The Morgan fingerprint density at radius 2 is 2.21 bits per heavy atom. The van der Waals surface area contributed by atoms with Gasteiger partial charge >= 0.3 is 0 Å². The third-order valence-corrected chi connectivity index (χ3v) is 5.12. The molecule has 8 nitrogen and oxygen atoms in total. The normalized spacial score (nSPS) is 19.8. The Labute approximate surface area is 172 Å². The largest absolute Gasteiger partial charge is 0.354 e. The van der Waals surface area contributed by atoms with E-state index in [0.717, 1.165) is 48.6 Å². The molecule has 0 bridgehead atoms. The summed E-state index contributed by atoms with van der Waals surface area (Å²) in [5, 5.41) is 16.7. The molecule has 8 heteroatoms. The first kappa shape index (κ1) is 20.8. The van der Waals surface area contributed by atoms with E-state index in [2.05, 4.69) is 48.3 Å². The van der Waals surface area contributed by atoms with Gasteiger partial charge in [-0.3, -0.25) is 14.9 Å². The van der Waals surface area contributed by atoms with E-state index >= 15 is 0 Å². The highest BCUT2D eigenvalue weighted by atomic mass is 16.1. The molecule has 1 fully saturated rings. The Balaban J connectivity index is 1.53. The van der Waals surface area contributed by atoms with Crippen molar-refractivity contribution in [2.75, 3.05) is 7.05 Å². The molecule has 1 saturated carbocycles. The van der Waals surface area contributed by atoms with Crippen LogP contribution in [0.4, 0.5) is 0 Å². The summed E-state index contributed by atoms with van der Waals surface area (Å²) in [6.07, 6.45) is 5.39. The van der Waals surface area contributed by atoms with Gasteiger partial charge in [0.15, 0.2) is 11.8 Å². The second-order valence-corrected chi connectivity index (χ2v) is 7.83. The number of nitrogens with one attached hydrogen (secondary N) is 4. The number of H-pyrrole nitrogens is 1. The SMILES string of the molecule is CN=C(NCc1cccc(-c2ncn[nH]2)c1)NC1CCCC(C(=O)NC(C)C)C1. The maximum Gasteiger partial charge on any atom is 0.223 e. The third-order valence-electron chi connectivity index (χ3n) is 5.12. The van der Waals surface area contributed by atoms with Gasteiger partial charge in [0, 0.05) is 37.2 Å². The number of aromatic amines is 1. The van der Waals surface area contributed by atoms with Gasteiger partial charge in [-0.15, -0.1) is 0 Å². The summed E-state index contributed by atoms with van der Waals surface area (Å²) >= 11 is 0. The van der Waals surface area contributed by atoms with Crippen LogP contribution in [0.2, 0.25) is 0 Å². The van der Waals surface area contributed by atoms with Gasteiger partial charge in [-0.2, -0.15) is 5.10 Å². The zero-order chi connectivity index (χ0) is 20.6. The average molecular weight is 398 g/mol. The van der Waals surface area contributed by atoms with Crippen LogP contribution in [0.5, 0.6) is 0 Å². The van der Waals surface area contributed by atoms with Crippen molar-refractivity contribution in [1.29, 1.82) is 0 Å². The number of guanidine groups is 1. The number of hydrogen-bond donors (Lipinski definition) is 4. The molecule has 2 atom stereocenters. The van der Waals surface area contributed by atoms with E-state index in [9.17, 15) is 4.79 Å². The lowest BCUT2D eigenvalue weighted by Crippen LogP contribution is -2.47. The summed E-state index contributed by atoms with van der Waals surface area (Å²) in [6, 6.07) is 8.57. The molecule has 156 valence electrons. The molecule has 2 aromatic rings. The van der Waals surface area contributed by atoms with Gasteiger partial charge < -0.3 is 16.0 Å². The summed E-state index contributed by atoms with van der Waals surface area (Å²) in [5.41, 5.74) is 2.12. The molecule has 4 N–H and O–H groups in total. The Bertz CT molecular complexity index is 816.